The molecule has 0 aliphatic carbocycles. The van der Waals surface area contributed by atoms with Crippen LogP contribution in [0.4, 0.5) is 5.69 Å². The second kappa shape index (κ2) is 8.68. The molecule has 2 rings (SSSR count). The summed E-state index contributed by atoms with van der Waals surface area (Å²) < 4.78 is 0. The Morgan fingerprint density at radius 1 is 1.41 bits per heavy atom. The second-order valence-electron chi connectivity index (χ2n) is 5.16. The number of para-hydroxylation sites is 1. The minimum absolute atomic E-state index is 0.0641. The maximum atomic E-state index is 12.0. The maximum absolute atomic E-state index is 12.0. The fraction of sp³-hybridized carbons (Fsp3) is 0.500. The zero-order valence-electron chi connectivity index (χ0n) is 13.2. The highest BCUT2D eigenvalue weighted by molar-refractivity contribution is 8.00. The quantitative estimate of drug-likeness (QED) is 0.658. The molecule has 1 aromatic carbocycles. The zero-order chi connectivity index (χ0) is 15.8. The van der Waals surface area contributed by atoms with Gasteiger partial charge in [0.2, 0.25) is 5.91 Å². The minimum Gasteiger partial charge on any atom is -0.347 e. The molecule has 0 saturated carbocycles. The van der Waals surface area contributed by atoms with Gasteiger partial charge in [-0.1, -0.05) is 25.1 Å². The molecule has 1 saturated heterocycles. The normalized spacial score (nSPS) is 18.9. The number of nitrogens with zero attached hydrogens (tertiary/aromatic N) is 2. The van der Waals surface area contributed by atoms with Crippen LogP contribution >= 0.6 is 11.8 Å². The van der Waals surface area contributed by atoms with Crippen molar-refractivity contribution in [3.63, 3.8) is 0 Å². The van der Waals surface area contributed by atoms with E-state index in [9.17, 15) is 4.79 Å². The van der Waals surface area contributed by atoms with Gasteiger partial charge in [0.1, 0.15) is 0 Å². The average Bonchev–Trinajstić information content (AvgIpc) is 2.56. The van der Waals surface area contributed by atoms with Crippen LogP contribution in [0.2, 0.25) is 0 Å². The van der Waals surface area contributed by atoms with Crippen LogP contribution in [0.5, 0.6) is 0 Å². The van der Waals surface area contributed by atoms with E-state index < -0.39 is 0 Å². The molecule has 1 unspecified atom stereocenters. The van der Waals surface area contributed by atoms with Crippen LogP contribution in [0.25, 0.3) is 0 Å². The molecule has 1 fully saturated rings. The summed E-state index contributed by atoms with van der Waals surface area (Å²) in [5.74, 6) is 1.85. The minimum atomic E-state index is -0.0641. The van der Waals surface area contributed by atoms with Crippen LogP contribution in [0.15, 0.2) is 35.3 Å². The number of nitrogens with one attached hydrogen (secondary N) is 2. The third kappa shape index (κ3) is 4.94. The first kappa shape index (κ1) is 16.7. The molecule has 2 N–H and O–H groups in total. The smallest absolute Gasteiger partial charge is 0.243 e. The van der Waals surface area contributed by atoms with Gasteiger partial charge in [-0.25, -0.2) is 0 Å². The number of carbonyl (C=O) groups excluding carboxylic acids is 1. The van der Waals surface area contributed by atoms with Crippen LogP contribution in [0.1, 0.15) is 13.3 Å². The van der Waals surface area contributed by atoms with Crippen LogP contribution in [0, 0.1) is 0 Å². The molecule has 0 aromatic heterocycles. The second-order valence-corrected chi connectivity index (χ2v) is 6.57. The number of hydrogen-bond acceptors (Lipinski definition) is 3. The van der Waals surface area contributed by atoms with Crippen molar-refractivity contribution in [3.8, 4) is 0 Å². The van der Waals surface area contributed by atoms with Crippen molar-refractivity contribution in [1.29, 1.82) is 0 Å². The van der Waals surface area contributed by atoms with Crippen LogP contribution in [-0.4, -0.2) is 54.5 Å². The number of benzene rings is 1. The predicted molar refractivity (Wildman–Crippen MR) is 94.5 cm³/mol. The third-order valence-corrected chi connectivity index (χ3v) is 4.94. The summed E-state index contributed by atoms with van der Waals surface area (Å²) in [6, 6.07) is 9.48. The number of carbonyl (C=O) groups is 1. The summed E-state index contributed by atoms with van der Waals surface area (Å²) in [4.78, 5) is 18.5. The molecule has 1 aromatic rings. The Morgan fingerprint density at radius 3 is 2.86 bits per heavy atom. The number of anilines is 1. The molecule has 5 nitrogen and oxygen atoms in total. The summed E-state index contributed by atoms with van der Waals surface area (Å²) in [5.41, 5.74) is 0.810. The van der Waals surface area contributed by atoms with Gasteiger partial charge in [0.05, 0.1) is 6.54 Å². The standard InChI is InChI=1S/C16H24N4OS/c1-3-14-12-20(9-10-22-14)16(17-2)18-11-15(21)19-13-7-5-4-6-8-13/h4-8,14H,3,9-12H2,1-2H3,(H,17,18)(H,19,21). The molecule has 0 radical (unpaired) electrons. The summed E-state index contributed by atoms with van der Waals surface area (Å²) in [5, 5.41) is 6.67. The molecule has 0 bridgehead atoms. The molecule has 1 aliphatic heterocycles. The van der Waals surface area contributed by atoms with E-state index in [1.165, 1.54) is 0 Å². The van der Waals surface area contributed by atoms with E-state index in [-0.39, 0.29) is 12.5 Å². The van der Waals surface area contributed by atoms with Crippen LogP contribution in [0.3, 0.4) is 0 Å². The van der Waals surface area contributed by atoms with E-state index in [0.29, 0.717) is 5.25 Å². The molecule has 6 heteroatoms. The molecule has 0 spiro atoms. The third-order valence-electron chi connectivity index (χ3n) is 3.57. The molecule has 1 amide bonds. The van der Waals surface area contributed by atoms with E-state index in [0.717, 1.165) is 36.9 Å². The van der Waals surface area contributed by atoms with E-state index >= 15 is 0 Å². The van der Waals surface area contributed by atoms with Crippen LogP contribution < -0.4 is 10.6 Å². The molecular weight excluding hydrogens is 296 g/mol. The Hall–Kier alpha value is -1.69. The molecule has 1 aliphatic rings. The predicted octanol–water partition coefficient (Wildman–Crippen LogP) is 2.03. The van der Waals surface area contributed by atoms with E-state index in [4.69, 9.17) is 0 Å². The molecular formula is C16H24N4OS. The van der Waals surface area contributed by atoms with E-state index in [1.807, 2.05) is 42.1 Å². The molecule has 1 heterocycles. The van der Waals surface area contributed by atoms with Gasteiger partial charge >= 0.3 is 0 Å². The van der Waals surface area contributed by atoms with Crippen molar-refractivity contribution < 1.29 is 4.79 Å². The highest BCUT2D eigenvalue weighted by Gasteiger charge is 2.21. The summed E-state index contributed by atoms with van der Waals surface area (Å²) in [7, 11) is 1.76. The van der Waals surface area contributed by atoms with Gasteiger partial charge in [-0.3, -0.25) is 9.79 Å². The van der Waals surface area contributed by atoms with Gasteiger partial charge in [-0.15, -0.1) is 0 Å². The lowest BCUT2D eigenvalue weighted by molar-refractivity contribution is -0.115. The number of aliphatic imine (C=N–C) groups is 1. The molecule has 22 heavy (non-hydrogen) atoms. The monoisotopic (exact) mass is 320 g/mol. The highest BCUT2D eigenvalue weighted by atomic mass is 32.2. The van der Waals surface area contributed by atoms with Gasteiger partial charge in [0.15, 0.2) is 5.96 Å². The van der Waals surface area contributed by atoms with Crippen molar-refractivity contribution in [2.24, 2.45) is 4.99 Å². The molecule has 1 atom stereocenters. The van der Waals surface area contributed by atoms with Crippen molar-refractivity contribution in [1.82, 2.24) is 10.2 Å². The first-order valence-corrected chi connectivity index (χ1v) is 8.70. The maximum Gasteiger partial charge on any atom is 0.243 e. The first-order chi connectivity index (χ1) is 10.7. The lowest BCUT2D eigenvalue weighted by Gasteiger charge is -2.34. The fourth-order valence-corrected chi connectivity index (χ4v) is 3.56. The van der Waals surface area contributed by atoms with Gasteiger partial charge in [-0.2, -0.15) is 11.8 Å². The summed E-state index contributed by atoms with van der Waals surface area (Å²) >= 11 is 2.02. The SMILES string of the molecule is CCC1CN(C(=NC)NCC(=O)Nc2ccccc2)CCS1. The van der Waals surface area contributed by atoms with E-state index in [1.54, 1.807) is 7.05 Å². The van der Waals surface area contributed by atoms with Crippen molar-refractivity contribution in [2.75, 3.05) is 37.8 Å². The summed E-state index contributed by atoms with van der Waals surface area (Å²) in [6.07, 6.45) is 1.16. The Labute approximate surface area is 136 Å². The number of guanidine groups is 1. The number of thioether (sulfide) groups is 1. The highest BCUT2D eigenvalue weighted by Crippen LogP contribution is 2.20. The largest absolute Gasteiger partial charge is 0.347 e. The van der Waals surface area contributed by atoms with Gasteiger partial charge in [0, 0.05) is 36.8 Å². The van der Waals surface area contributed by atoms with Crippen LogP contribution in [-0.2, 0) is 4.79 Å². The van der Waals surface area contributed by atoms with Gasteiger partial charge < -0.3 is 15.5 Å². The Kier molecular flexibility index (Phi) is 6.58. The van der Waals surface area contributed by atoms with Crippen molar-refractivity contribution in [3.05, 3.63) is 30.3 Å². The van der Waals surface area contributed by atoms with Gasteiger partial charge in [-0.05, 0) is 18.6 Å². The van der Waals surface area contributed by atoms with E-state index in [2.05, 4.69) is 27.4 Å². The van der Waals surface area contributed by atoms with Crippen molar-refractivity contribution in [2.45, 2.75) is 18.6 Å². The lowest BCUT2D eigenvalue weighted by atomic mass is 10.3. The lowest BCUT2D eigenvalue weighted by Crippen LogP contribution is -2.49. The number of amides is 1. The van der Waals surface area contributed by atoms with Gasteiger partial charge in [0.25, 0.3) is 0 Å². The number of hydrogen-bond donors (Lipinski definition) is 2. The Morgan fingerprint density at radius 2 is 2.18 bits per heavy atom. The summed E-state index contributed by atoms with van der Waals surface area (Å²) in [6.45, 7) is 4.40. The zero-order valence-corrected chi connectivity index (χ0v) is 14.0. The Balaban J connectivity index is 1.82. The Bertz CT molecular complexity index is 506. The molecule has 120 valence electrons. The number of rotatable bonds is 4. The first-order valence-electron chi connectivity index (χ1n) is 7.65. The van der Waals surface area contributed by atoms with Crippen molar-refractivity contribution >= 4 is 29.3 Å². The fourth-order valence-electron chi connectivity index (χ4n) is 2.38. The topological polar surface area (TPSA) is 56.7 Å². The average molecular weight is 320 g/mol.